The summed E-state index contributed by atoms with van der Waals surface area (Å²) in [4.78, 5) is 29.4. The van der Waals surface area contributed by atoms with Gasteiger partial charge in [-0.05, 0) is 44.9 Å². The molecular weight excluding hydrogens is 472 g/mol. The zero-order chi connectivity index (χ0) is 27.0. The number of ether oxygens (including phenoxy) is 3. The number of hydrogen-bond donors (Lipinski definition) is 2. The third-order valence-electron chi connectivity index (χ3n) is 6.26. The predicted octanol–water partition coefficient (Wildman–Crippen LogP) is 5.03. The standard InChI is InChI=1S/C29H32N2O6/c1-18-11-10-14-20-25(18)31(17-19-12-8-7-9-13-19)26(33)29(20,30-27(34)37-28(2,3)4)21-15-23(35-5)24(36-6)16-22(21)32/h7-16,32H,17H2,1-6H3,(H,30,34)/t29-/m1/s1. The Bertz CT molecular complexity index is 1330. The van der Waals surface area contributed by atoms with Gasteiger partial charge in [0.05, 0.1) is 26.5 Å². The number of benzene rings is 3. The van der Waals surface area contributed by atoms with E-state index in [-0.39, 0.29) is 23.6 Å². The summed E-state index contributed by atoms with van der Waals surface area (Å²) in [5.41, 5.74) is 0.462. The van der Waals surface area contributed by atoms with Crippen LogP contribution in [0.15, 0.2) is 60.7 Å². The van der Waals surface area contributed by atoms with Gasteiger partial charge >= 0.3 is 6.09 Å². The van der Waals surface area contributed by atoms with Crippen LogP contribution >= 0.6 is 0 Å². The minimum absolute atomic E-state index is 0.142. The van der Waals surface area contributed by atoms with Crippen molar-refractivity contribution < 1.29 is 28.9 Å². The Morgan fingerprint density at radius 1 is 0.973 bits per heavy atom. The number of phenolic OH excluding ortho intramolecular Hbond substituents is 1. The van der Waals surface area contributed by atoms with Gasteiger partial charge in [-0.3, -0.25) is 10.1 Å². The van der Waals surface area contributed by atoms with Crippen LogP contribution in [0, 0.1) is 6.92 Å². The smallest absolute Gasteiger partial charge is 0.409 e. The first-order valence-electron chi connectivity index (χ1n) is 11.9. The summed E-state index contributed by atoms with van der Waals surface area (Å²) in [5.74, 6) is -0.0958. The third kappa shape index (κ3) is 4.67. The second-order valence-corrected chi connectivity index (χ2v) is 9.95. The van der Waals surface area contributed by atoms with Crippen molar-refractivity contribution >= 4 is 17.7 Å². The Morgan fingerprint density at radius 2 is 1.62 bits per heavy atom. The van der Waals surface area contributed by atoms with Gasteiger partial charge in [-0.2, -0.15) is 0 Å². The number of nitrogens with zero attached hydrogens (tertiary/aromatic N) is 1. The number of carbonyl (C=O) groups is 2. The molecule has 0 saturated carbocycles. The summed E-state index contributed by atoms with van der Waals surface area (Å²) < 4.78 is 16.4. The topological polar surface area (TPSA) is 97.3 Å². The highest BCUT2D eigenvalue weighted by Gasteiger charge is 2.56. The minimum atomic E-state index is -1.79. The molecule has 37 heavy (non-hydrogen) atoms. The maximum Gasteiger partial charge on any atom is 0.409 e. The molecule has 1 heterocycles. The number of para-hydroxylation sites is 1. The lowest BCUT2D eigenvalue weighted by Crippen LogP contribution is -2.54. The second-order valence-electron chi connectivity index (χ2n) is 9.95. The molecule has 8 heteroatoms. The number of aryl methyl sites for hydroxylation is 1. The Hall–Kier alpha value is -4.20. The summed E-state index contributed by atoms with van der Waals surface area (Å²) >= 11 is 0. The monoisotopic (exact) mass is 504 g/mol. The van der Waals surface area contributed by atoms with Gasteiger partial charge in [0.1, 0.15) is 11.4 Å². The van der Waals surface area contributed by atoms with Crippen molar-refractivity contribution in [2.45, 2.75) is 45.4 Å². The maximum atomic E-state index is 14.5. The van der Waals surface area contributed by atoms with Gasteiger partial charge in [-0.15, -0.1) is 0 Å². The normalized spacial score (nSPS) is 16.8. The van der Waals surface area contributed by atoms with Crippen molar-refractivity contribution in [1.82, 2.24) is 5.32 Å². The molecule has 3 aromatic carbocycles. The lowest BCUT2D eigenvalue weighted by atomic mass is 9.82. The van der Waals surface area contributed by atoms with Crippen LogP contribution < -0.4 is 19.7 Å². The summed E-state index contributed by atoms with van der Waals surface area (Å²) in [7, 11) is 2.91. The minimum Gasteiger partial charge on any atom is -0.507 e. The maximum absolute atomic E-state index is 14.5. The molecule has 0 radical (unpaired) electrons. The van der Waals surface area contributed by atoms with Crippen molar-refractivity contribution in [3.8, 4) is 17.2 Å². The number of hydrogen-bond acceptors (Lipinski definition) is 6. The first kappa shape index (κ1) is 25.9. The summed E-state index contributed by atoms with van der Waals surface area (Å²) in [6.45, 7) is 7.39. The first-order valence-corrected chi connectivity index (χ1v) is 11.9. The van der Waals surface area contributed by atoms with Crippen LogP contribution in [0.1, 0.15) is 43.0 Å². The van der Waals surface area contributed by atoms with Gasteiger partial charge in [0.2, 0.25) is 0 Å². The number of phenols is 1. The number of anilines is 1. The number of rotatable bonds is 6. The van der Waals surface area contributed by atoms with Crippen LogP contribution in [-0.4, -0.2) is 36.9 Å². The molecule has 0 saturated heterocycles. The fraction of sp³-hybridized carbons (Fsp3) is 0.310. The second kappa shape index (κ2) is 9.69. The Labute approximate surface area is 216 Å². The molecule has 8 nitrogen and oxygen atoms in total. The van der Waals surface area contributed by atoms with Gasteiger partial charge in [-0.1, -0.05) is 48.5 Å². The fourth-order valence-corrected chi connectivity index (χ4v) is 4.73. The fourth-order valence-electron chi connectivity index (χ4n) is 4.73. The Kier molecular flexibility index (Phi) is 6.78. The number of carbonyl (C=O) groups excluding carboxylic acids is 2. The number of nitrogens with one attached hydrogen (secondary N) is 1. The van der Waals surface area contributed by atoms with Crippen LogP contribution in [0.2, 0.25) is 0 Å². The molecule has 1 atom stereocenters. The van der Waals surface area contributed by atoms with Crippen molar-refractivity contribution in [2.24, 2.45) is 0 Å². The first-order chi connectivity index (χ1) is 17.5. The molecule has 2 amide bonds. The lowest BCUT2D eigenvalue weighted by molar-refractivity contribution is -0.123. The Balaban J connectivity index is 1.99. The number of methoxy groups -OCH3 is 2. The van der Waals surface area contributed by atoms with E-state index in [1.165, 1.54) is 26.4 Å². The average Bonchev–Trinajstić information content (AvgIpc) is 3.07. The Morgan fingerprint density at radius 3 is 2.24 bits per heavy atom. The molecule has 1 aliphatic rings. The van der Waals surface area contributed by atoms with E-state index in [0.29, 0.717) is 17.0 Å². The number of amides is 2. The molecule has 194 valence electrons. The molecule has 4 rings (SSSR count). The van der Waals surface area contributed by atoms with Crippen molar-refractivity contribution in [2.75, 3.05) is 19.1 Å². The molecule has 0 spiro atoms. The zero-order valence-corrected chi connectivity index (χ0v) is 21.9. The van der Waals surface area contributed by atoms with Gasteiger partial charge in [-0.25, -0.2) is 4.79 Å². The van der Waals surface area contributed by atoms with E-state index < -0.39 is 23.1 Å². The largest absolute Gasteiger partial charge is 0.507 e. The van der Waals surface area contributed by atoms with E-state index in [1.807, 2.05) is 49.4 Å². The van der Waals surface area contributed by atoms with Gasteiger partial charge in [0, 0.05) is 17.2 Å². The van der Waals surface area contributed by atoms with E-state index in [9.17, 15) is 14.7 Å². The van der Waals surface area contributed by atoms with Crippen LogP contribution in [-0.2, 0) is 21.6 Å². The predicted molar refractivity (Wildman–Crippen MR) is 140 cm³/mol. The zero-order valence-electron chi connectivity index (χ0n) is 21.9. The van der Waals surface area contributed by atoms with E-state index in [0.717, 1.165) is 11.1 Å². The average molecular weight is 505 g/mol. The van der Waals surface area contributed by atoms with Crippen LogP contribution in [0.5, 0.6) is 17.2 Å². The van der Waals surface area contributed by atoms with Gasteiger partial charge in [0.25, 0.3) is 5.91 Å². The quantitative estimate of drug-likeness (QED) is 0.489. The summed E-state index contributed by atoms with van der Waals surface area (Å²) in [6.07, 6.45) is -0.802. The molecule has 1 aliphatic heterocycles. The van der Waals surface area contributed by atoms with Crippen molar-refractivity contribution in [3.05, 3.63) is 82.9 Å². The highest BCUT2D eigenvalue weighted by Crippen LogP contribution is 2.51. The van der Waals surface area contributed by atoms with Gasteiger partial charge in [0.15, 0.2) is 17.0 Å². The molecule has 0 aromatic heterocycles. The molecule has 3 aromatic rings. The SMILES string of the molecule is COc1cc(O)c([C@@]2(NC(=O)OC(C)(C)C)C(=O)N(Cc3ccccc3)c3c(C)cccc32)cc1OC. The van der Waals surface area contributed by atoms with Crippen LogP contribution in [0.25, 0.3) is 0 Å². The highest BCUT2D eigenvalue weighted by atomic mass is 16.6. The number of alkyl carbamates (subject to hydrolysis) is 1. The van der Waals surface area contributed by atoms with Crippen molar-refractivity contribution in [3.63, 3.8) is 0 Å². The van der Waals surface area contributed by atoms with E-state index in [4.69, 9.17) is 14.2 Å². The summed E-state index contributed by atoms with van der Waals surface area (Å²) in [5, 5.41) is 14.0. The van der Waals surface area contributed by atoms with Crippen molar-refractivity contribution in [1.29, 1.82) is 0 Å². The van der Waals surface area contributed by atoms with E-state index in [1.54, 1.807) is 31.7 Å². The lowest BCUT2D eigenvalue weighted by Gasteiger charge is -2.32. The number of aromatic hydroxyl groups is 1. The highest BCUT2D eigenvalue weighted by molar-refractivity contribution is 6.12. The molecule has 2 N–H and O–H groups in total. The molecular formula is C29H32N2O6. The van der Waals surface area contributed by atoms with E-state index >= 15 is 0 Å². The van der Waals surface area contributed by atoms with E-state index in [2.05, 4.69) is 5.32 Å². The number of fused-ring (bicyclic) bond motifs is 1. The molecule has 0 aliphatic carbocycles. The van der Waals surface area contributed by atoms with Crippen LogP contribution in [0.3, 0.4) is 0 Å². The third-order valence-corrected chi connectivity index (χ3v) is 6.26. The summed E-state index contributed by atoms with van der Waals surface area (Å²) in [6, 6.07) is 18.0. The molecule has 0 unspecified atom stereocenters. The molecule has 0 fully saturated rings. The van der Waals surface area contributed by atoms with Gasteiger partial charge < -0.3 is 24.2 Å². The van der Waals surface area contributed by atoms with Crippen LogP contribution in [0.4, 0.5) is 10.5 Å². The molecule has 0 bridgehead atoms.